The van der Waals surface area contributed by atoms with Crippen LogP contribution in [-0.4, -0.2) is 16.9 Å². The fourth-order valence-electron chi connectivity index (χ4n) is 2.47. The monoisotopic (exact) mass is 374 g/mol. The van der Waals surface area contributed by atoms with Crippen molar-refractivity contribution in [2.24, 2.45) is 0 Å². The molecule has 3 rings (SSSR count). The van der Waals surface area contributed by atoms with Crippen LogP contribution >= 0.6 is 23.2 Å². The number of para-hydroxylation sites is 2. The number of halogens is 2. The highest BCUT2D eigenvalue weighted by Crippen LogP contribution is 2.22. The van der Waals surface area contributed by atoms with Gasteiger partial charge in [0.2, 0.25) is 11.8 Å². The lowest BCUT2D eigenvalue weighted by molar-refractivity contribution is -0.117. The summed E-state index contributed by atoms with van der Waals surface area (Å²) in [4.78, 5) is 16.3. The molecule has 1 aromatic heterocycles. The molecule has 1 atom stereocenters. The number of fused-ring (bicyclic) bond motifs is 1. The van der Waals surface area contributed by atoms with Crippen LogP contribution in [0.3, 0.4) is 0 Å². The first-order valence-electron chi connectivity index (χ1n) is 7.79. The minimum absolute atomic E-state index is 0.0838. The van der Waals surface area contributed by atoms with Gasteiger partial charge in [-0.3, -0.25) is 4.79 Å². The van der Waals surface area contributed by atoms with Gasteiger partial charge in [0.25, 0.3) is 0 Å². The lowest BCUT2D eigenvalue weighted by Gasteiger charge is -2.13. The van der Waals surface area contributed by atoms with Crippen LogP contribution < -0.4 is 5.32 Å². The summed E-state index contributed by atoms with van der Waals surface area (Å²) in [6.45, 7) is 1.91. The van der Waals surface area contributed by atoms with Gasteiger partial charge < -0.3 is 9.73 Å². The first-order valence-corrected chi connectivity index (χ1v) is 8.55. The largest absolute Gasteiger partial charge is 0.437 e. The number of rotatable bonds is 5. The standard InChI is InChI=1S/C19H16Cl2N2O2/c1-12(10-13-6-7-14(20)11-15(13)21)22-18(24)8-9-19-23-16-4-2-3-5-17(16)25-19/h2-9,11-12H,10H2,1H3,(H,22,24)/b9-8+. The van der Waals surface area contributed by atoms with Crippen LogP contribution in [0.4, 0.5) is 0 Å². The number of amides is 1. The van der Waals surface area contributed by atoms with Crippen molar-refractivity contribution >= 4 is 46.3 Å². The molecular formula is C19H16Cl2N2O2. The Bertz CT molecular complexity index is 901. The fourth-order valence-corrected chi connectivity index (χ4v) is 2.95. The molecule has 0 spiro atoms. The summed E-state index contributed by atoms with van der Waals surface area (Å²) in [5.74, 6) is 0.171. The molecule has 0 radical (unpaired) electrons. The van der Waals surface area contributed by atoms with Gasteiger partial charge in [0.1, 0.15) is 5.52 Å². The molecular weight excluding hydrogens is 359 g/mol. The third-order valence-corrected chi connectivity index (χ3v) is 4.20. The third-order valence-electron chi connectivity index (χ3n) is 3.62. The Kier molecular flexibility index (Phi) is 5.41. The Hall–Kier alpha value is -2.30. The molecule has 1 N–H and O–H groups in total. The number of carbonyl (C=O) groups excluding carboxylic acids is 1. The van der Waals surface area contributed by atoms with E-state index in [0.29, 0.717) is 27.9 Å². The van der Waals surface area contributed by atoms with E-state index in [4.69, 9.17) is 27.6 Å². The topological polar surface area (TPSA) is 55.1 Å². The Labute approximate surface area is 155 Å². The van der Waals surface area contributed by atoms with Gasteiger partial charge in [-0.05, 0) is 43.2 Å². The van der Waals surface area contributed by atoms with Gasteiger partial charge in [-0.1, -0.05) is 41.4 Å². The van der Waals surface area contributed by atoms with Crippen molar-refractivity contribution in [1.29, 1.82) is 0 Å². The molecule has 25 heavy (non-hydrogen) atoms. The zero-order chi connectivity index (χ0) is 17.8. The summed E-state index contributed by atoms with van der Waals surface area (Å²) in [5, 5.41) is 4.07. The number of hydrogen-bond acceptors (Lipinski definition) is 3. The fraction of sp³-hybridized carbons (Fsp3) is 0.158. The lowest BCUT2D eigenvalue weighted by atomic mass is 10.1. The van der Waals surface area contributed by atoms with E-state index in [1.54, 1.807) is 18.2 Å². The van der Waals surface area contributed by atoms with E-state index in [1.807, 2.05) is 37.3 Å². The van der Waals surface area contributed by atoms with Crippen molar-refractivity contribution < 1.29 is 9.21 Å². The normalized spacial score (nSPS) is 12.6. The van der Waals surface area contributed by atoms with E-state index in [0.717, 1.165) is 11.1 Å². The number of nitrogens with zero attached hydrogens (tertiary/aromatic N) is 1. The Morgan fingerprint density at radius 2 is 2.08 bits per heavy atom. The van der Waals surface area contributed by atoms with Gasteiger partial charge in [-0.2, -0.15) is 0 Å². The molecule has 0 saturated carbocycles. The van der Waals surface area contributed by atoms with Crippen molar-refractivity contribution in [2.45, 2.75) is 19.4 Å². The predicted octanol–water partition coefficient (Wildman–Crippen LogP) is 4.90. The first-order chi connectivity index (χ1) is 12.0. The molecule has 6 heteroatoms. The third kappa shape index (κ3) is 4.62. The molecule has 0 bridgehead atoms. The maximum atomic E-state index is 12.0. The summed E-state index contributed by atoms with van der Waals surface area (Å²) >= 11 is 12.0. The molecule has 0 aliphatic rings. The van der Waals surface area contributed by atoms with Crippen LogP contribution in [0.25, 0.3) is 17.2 Å². The SMILES string of the molecule is CC(Cc1ccc(Cl)cc1Cl)NC(=O)/C=C/c1nc2ccccc2o1. The van der Waals surface area contributed by atoms with Crippen molar-refractivity contribution in [3.63, 3.8) is 0 Å². The minimum Gasteiger partial charge on any atom is -0.437 e. The van der Waals surface area contributed by atoms with Gasteiger partial charge in [-0.15, -0.1) is 0 Å². The van der Waals surface area contributed by atoms with Crippen LogP contribution in [0.2, 0.25) is 10.0 Å². The van der Waals surface area contributed by atoms with Gasteiger partial charge in [0.15, 0.2) is 5.58 Å². The Morgan fingerprint density at radius 3 is 2.84 bits per heavy atom. The van der Waals surface area contributed by atoms with Crippen LogP contribution in [0.15, 0.2) is 53.0 Å². The van der Waals surface area contributed by atoms with Crippen LogP contribution in [0, 0.1) is 0 Å². The molecule has 4 nitrogen and oxygen atoms in total. The van der Waals surface area contributed by atoms with Crippen molar-refractivity contribution in [3.05, 3.63) is 70.0 Å². The number of benzene rings is 2. The summed E-state index contributed by atoms with van der Waals surface area (Å²) in [5.41, 5.74) is 2.38. The molecule has 2 aromatic carbocycles. The Morgan fingerprint density at radius 1 is 1.28 bits per heavy atom. The maximum absolute atomic E-state index is 12.0. The molecule has 0 fully saturated rings. The second-order valence-electron chi connectivity index (χ2n) is 5.70. The van der Waals surface area contributed by atoms with E-state index in [9.17, 15) is 4.79 Å². The van der Waals surface area contributed by atoms with E-state index in [-0.39, 0.29) is 11.9 Å². The van der Waals surface area contributed by atoms with E-state index in [1.165, 1.54) is 6.08 Å². The minimum atomic E-state index is -0.222. The second-order valence-corrected chi connectivity index (χ2v) is 6.55. The molecule has 128 valence electrons. The highest BCUT2D eigenvalue weighted by molar-refractivity contribution is 6.35. The smallest absolute Gasteiger partial charge is 0.244 e. The summed E-state index contributed by atoms with van der Waals surface area (Å²) in [6, 6.07) is 12.7. The van der Waals surface area contributed by atoms with E-state index in [2.05, 4.69) is 10.3 Å². The highest BCUT2D eigenvalue weighted by atomic mass is 35.5. The number of aromatic nitrogens is 1. The number of hydrogen-bond donors (Lipinski definition) is 1. The summed E-state index contributed by atoms with van der Waals surface area (Å²) in [6.07, 6.45) is 3.57. The predicted molar refractivity (Wildman–Crippen MR) is 101 cm³/mol. The maximum Gasteiger partial charge on any atom is 0.244 e. The second kappa shape index (κ2) is 7.72. The first kappa shape index (κ1) is 17.5. The van der Waals surface area contributed by atoms with Gasteiger partial charge >= 0.3 is 0 Å². The van der Waals surface area contributed by atoms with Crippen LogP contribution in [0.5, 0.6) is 0 Å². The van der Waals surface area contributed by atoms with Gasteiger partial charge in [-0.25, -0.2) is 4.98 Å². The average molecular weight is 375 g/mol. The zero-order valence-corrected chi connectivity index (χ0v) is 15.0. The number of carbonyl (C=O) groups is 1. The van der Waals surface area contributed by atoms with Crippen molar-refractivity contribution in [1.82, 2.24) is 10.3 Å². The molecule has 0 aliphatic heterocycles. The van der Waals surface area contributed by atoms with E-state index >= 15 is 0 Å². The number of nitrogens with one attached hydrogen (secondary N) is 1. The quantitative estimate of drug-likeness (QED) is 0.646. The molecule has 0 saturated heterocycles. The molecule has 1 amide bonds. The van der Waals surface area contributed by atoms with E-state index < -0.39 is 0 Å². The molecule has 1 unspecified atom stereocenters. The average Bonchev–Trinajstić information content (AvgIpc) is 2.98. The van der Waals surface area contributed by atoms with Gasteiger partial charge in [0, 0.05) is 28.2 Å². The zero-order valence-electron chi connectivity index (χ0n) is 13.5. The van der Waals surface area contributed by atoms with Gasteiger partial charge in [0.05, 0.1) is 0 Å². The summed E-state index contributed by atoms with van der Waals surface area (Å²) in [7, 11) is 0. The summed E-state index contributed by atoms with van der Waals surface area (Å²) < 4.78 is 5.54. The van der Waals surface area contributed by atoms with Crippen LogP contribution in [0.1, 0.15) is 18.4 Å². The van der Waals surface area contributed by atoms with Crippen LogP contribution in [-0.2, 0) is 11.2 Å². The molecule has 3 aromatic rings. The lowest BCUT2D eigenvalue weighted by Crippen LogP contribution is -2.32. The van der Waals surface area contributed by atoms with Crippen molar-refractivity contribution in [2.75, 3.05) is 0 Å². The van der Waals surface area contributed by atoms with Crippen molar-refractivity contribution in [3.8, 4) is 0 Å². The Balaban J connectivity index is 1.59. The number of oxazole rings is 1. The molecule has 1 heterocycles. The molecule has 0 aliphatic carbocycles. The highest BCUT2D eigenvalue weighted by Gasteiger charge is 2.09.